The van der Waals surface area contributed by atoms with E-state index in [-0.39, 0.29) is 23.7 Å². The molecule has 0 amide bonds. The number of hydrogen-bond acceptors (Lipinski definition) is 4. The van der Waals surface area contributed by atoms with Crippen LogP contribution in [0.3, 0.4) is 0 Å². The summed E-state index contributed by atoms with van der Waals surface area (Å²) in [4.78, 5) is 16.6. The highest BCUT2D eigenvalue weighted by Gasteiger charge is 2.47. The molecular weight excluding hydrogens is 340 g/mol. The molecular formula is C20H19F2NO3. The second-order valence-electron chi connectivity index (χ2n) is 6.34. The lowest BCUT2D eigenvalue weighted by Crippen LogP contribution is -2.49. The summed E-state index contributed by atoms with van der Waals surface area (Å²) in [5.41, 5.74) is -1.07. The van der Waals surface area contributed by atoms with Gasteiger partial charge in [0.2, 0.25) is 0 Å². The van der Waals surface area contributed by atoms with Crippen molar-refractivity contribution in [3.05, 3.63) is 71.5 Å². The fourth-order valence-corrected chi connectivity index (χ4v) is 3.10. The van der Waals surface area contributed by atoms with E-state index in [0.29, 0.717) is 5.56 Å². The average molecular weight is 359 g/mol. The summed E-state index contributed by atoms with van der Waals surface area (Å²) in [5.74, 6) is -0.875. The molecule has 1 aliphatic rings. The van der Waals surface area contributed by atoms with Crippen LogP contribution < -0.4 is 0 Å². The Balaban J connectivity index is 1.97. The minimum Gasteiger partial charge on any atom is -0.472 e. The Morgan fingerprint density at radius 2 is 1.85 bits per heavy atom. The van der Waals surface area contributed by atoms with Crippen molar-refractivity contribution in [2.45, 2.75) is 31.2 Å². The third-order valence-electron chi connectivity index (χ3n) is 4.51. The molecule has 0 bridgehead atoms. The molecule has 136 valence electrons. The second kappa shape index (κ2) is 7.33. The van der Waals surface area contributed by atoms with Crippen molar-refractivity contribution in [2.75, 3.05) is 6.61 Å². The van der Waals surface area contributed by atoms with Gasteiger partial charge in [-0.1, -0.05) is 48.5 Å². The summed E-state index contributed by atoms with van der Waals surface area (Å²) in [6.07, 6.45) is -3.19. The SMILES string of the molecule is C[C@]1(c2ccccc2F)N=C(CC(=O)c2ccccc2)O[C@@H](CO)[C@@H]1F. The highest BCUT2D eigenvalue weighted by Crippen LogP contribution is 2.39. The number of carbonyl (C=O) groups is 1. The van der Waals surface area contributed by atoms with Crippen molar-refractivity contribution in [3.63, 3.8) is 0 Å². The number of alkyl halides is 1. The lowest BCUT2D eigenvalue weighted by atomic mass is 9.83. The smallest absolute Gasteiger partial charge is 0.192 e. The molecule has 2 aromatic rings. The number of ether oxygens (including phenoxy) is 1. The fraction of sp³-hybridized carbons (Fsp3) is 0.300. The van der Waals surface area contributed by atoms with Gasteiger partial charge < -0.3 is 9.84 Å². The zero-order chi connectivity index (χ0) is 18.7. The minimum absolute atomic E-state index is 0.0162. The Morgan fingerprint density at radius 3 is 2.50 bits per heavy atom. The van der Waals surface area contributed by atoms with Gasteiger partial charge in [0.1, 0.15) is 11.4 Å². The van der Waals surface area contributed by atoms with Gasteiger partial charge in [0.25, 0.3) is 0 Å². The largest absolute Gasteiger partial charge is 0.472 e. The standard InChI is InChI=1S/C20H19F2NO3/c1-20(14-9-5-6-10-15(14)21)19(22)17(12-24)26-18(23-20)11-16(25)13-7-3-2-4-8-13/h2-10,17,19,24H,11-12H2,1H3/t17-,19-,20+/m0/s1. The molecule has 4 nitrogen and oxygen atoms in total. The van der Waals surface area contributed by atoms with Gasteiger partial charge >= 0.3 is 0 Å². The Labute approximate surface area is 150 Å². The van der Waals surface area contributed by atoms with Crippen LogP contribution in [0.1, 0.15) is 29.3 Å². The van der Waals surface area contributed by atoms with Crippen LogP contribution in [-0.2, 0) is 10.3 Å². The lowest BCUT2D eigenvalue weighted by Gasteiger charge is -2.38. The molecule has 0 saturated heterocycles. The van der Waals surface area contributed by atoms with Crippen LogP contribution in [0.2, 0.25) is 0 Å². The highest BCUT2D eigenvalue weighted by atomic mass is 19.1. The summed E-state index contributed by atoms with van der Waals surface area (Å²) >= 11 is 0. The van der Waals surface area contributed by atoms with Gasteiger partial charge in [-0.2, -0.15) is 0 Å². The zero-order valence-electron chi connectivity index (χ0n) is 14.2. The third kappa shape index (κ3) is 3.37. The predicted molar refractivity (Wildman–Crippen MR) is 93.4 cm³/mol. The topological polar surface area (TPSA) is 58.9 Å². The van der Waals surface area contributed by atoms with E-state index in [1.54, 1.807) is 36.4 Å². The lowest BCUT2D eigenvalue weighted by molar-refractivity contribution is -0.0146. The first-order valence-corrected chi connectivity index (χ1v) is 8.29. The fourth-order valence-electron chi connectivity index (χ4n) is 3.10. The predicted octanol–water partition coefficient (Wildman–Crippen LogP) is 3.44. The maximum atomic E-state index is 15.0. The molecule has 0 spiro atoms. The molecule has 26 heavy (non-hydrogen) atoms. The third-order valence-corrected chi connectivity index (χ3v) is 4.51. The van der Waals surface area contributed by atoms with E-state index < -0.39 is 30.2 Å². The Bertz CT molecular complexity index is 825. The molecule has 1 aliphatic heterocycles. The first-order chi connectivity index (χ1) is 12.5. The zero-order valence-corrected chi connectivity index (χ0v) is 14.2. The monoisotopic (exact) mass is 359 g/mol. The van der Waals surface area contributed by atoms with E-state index in [1.807, 2.05) is 0 Å². The van der Waals surface area contributed by atoms with Gasteiger partial charge in [0.15, 0.2) is 24.0 Å². The first kappa shape index (κ1) is 18.2. The van der Waals surface area contributed by atoms with Gasteiger partial charge in [0.05, 0.1) is 13.0 Å². The number of benzene rings is 2. The molecule has 0 aliphatic carbocycles. The van der Waals surface area contributed by atoms with Crippen molar-refractivity contribution in [1.29, 1.82) is 0 Å². The molecule has 2 aromatic carbocycles. The first-order valence-electron chi connectivity index (χ1n) is 8.29. The van der Waals surface area contributed by atoms with Crippen LogP contribution in [0, 0.1) is 5.82 Å². The van der Waals surface area contributed by atoms with Gasteiger partial charge in [-0.15, -0.1) is 0 Å². The molecule has 0 aromatic heterocycles. The molecule has 3 atom stereocenters. The average Bonchev–Trinajstić information content (AvgIpc) is 2.65. The second-order valence-corrected chi connectivity index (χ2v) is 6.34. The van der Waals surface area contributed by atoms with E-state index in [0.717, 1.165) is 0 Å². The van der Waals surface area contributed by atoms with Crippen LogP contribution in [0.5, 0.6) is 0 Å². The van der Waals surface area contributed by atoms with E-state index in [1.165, 1.54) is 25.1 Å². The summed E-state index contributed by atoms with van der Waals surface area (Å²) in [6, 6.07) is 14.3. The maximum absolute atomic E-state index is 15.0. The Kier molecular flexibility index (Phi) is 5.13. The Hall–Kier alpha value is -2.60. The van der Waals surface area contributed by atoms with Crippen molar-refractivity contribution < 1.29 is 23.4 Å². The highest BCUT2D eigenvalue weighted by molar-refractivity contribution is 6.07. The molecule has 1 heterocycles. The van der Waals surface area contributed by atoms with Gasteiger partial charge in [-0.3, -0.25) is 4.79 Å². The molecule has 0 radical (unpaired) electrons. The van der Waals surface area contributed by atoms with E-state index in [4.69, 9.17) is 4.74 Å². The van der Waals surface area contributed by atoms with Crippen molar-refractivity contribution in [3.8, 4) is 0 Å². The normalized spacial score (nSPS) is 25.3. The van der Waals surface area contributed by atoms with E-state index >= 15 is 0 Å². The molecule has 1 N–H and O–H groups in total. The molecule has 0 unspecified atom stereocenters. The van der Waals surface area contributed by atoms with Crippen LogP contribution in [0.4, 0.5) is 8.78 Å². The summed E-state index contributed by atoms with van der Waals surface area (Å²) < 4.78 is 34.6. The summed E-state index contributed by atoms with van der Waals surface area (Å²) in [6.45, 7) is 0.831. The minimum atomic E-state index is -1.76. The van der Waals surface area contributed by atoms with E-state index in [2.05, 4.69) is 4.99 Å². The van der Waals surface area contributed by atoms with Crippen molar-refractivity contribution >= 4 is 11.7 Å². The summed E-state index contributed by atoms with van der Waals surface area (Å²) in [5, 5.41) is 9.48. The number of halogens is 2. The molecule has 6 heteroatoms. The number of carbonyl (C=O) groups excluding carboxylic acids is 1. The maximum Gasteiger partial charge on any atom is 0.192 e. The van der Waals surface area contributed by atoms with Gasteiger partial charge in [-0.05, 0) is 13.0 Å². The number of nitrogens with zero attached hydrogens (tertiary/aromatic N) is 1. The van der Waals surface area contributed by atoms with Crippen LogP contribution in [0.25, 0.3) is 0 Å². The summed E-state index contributed by atoms with van der Waals surface area (Å²) in [7, 11) is 0. The number of Topliss-reactive ketones (excluding diaryl/α,β-unsaturated/α-hetero) is 1. The van der Waals surface area contributed by atoms with Gasteiger partial charge in [-0.25, -0.2) is 13.8 Å². The van der Waals surface area contributed by atoms with Crippen molar-refractivity contribution in [2.24, 2.45) is 4.99 Å². The van der Waals surface area contributed by atoms with Crippen LogP contribution >= 0.6 is 0 Å². The van der Waals surface area contributed by atoms with Crippen LogP contribution in [-0.4, -0.2) is 35.7 Å². The number of aliphatic hydroxyl groups excluding tert-OH is 1. The number of aliphatic hydroxyl groups is 1. The van der Waals surface area contributed by atoms with Gasteiger partial charge in [0, 0.05) is 11.1 Å². The number of hydrogen-bond donors (Lipinski definition) is 1. The van der Waals surface area contributed by atoms with Crippen LogP contribution in [0.15, 0.2) is 59.6 Å². The Morgan fingerprint density at radius 1 is 1.19 bits per heavy atom. The number of rotatable bonds is 5. The number of aliphatic imine (C=N–C) groups is 1. The number of ketones is 1. The molecule has 3 rings (SSSR count). The quantitative estimate of drug-likeness (QED) is 0.832. The molecule has 0 saturated carbocycles. The van der Waals surface area contributed by atoms with E-state index in [9.17, 15) is 18.7 Å². The molecule has 0 fully saturated rings. The van der Waals surface area contributed by atoms with Crippen molar-refractivity contribution in [1.82, 2.24) is 0 Å².